The first-order valence-corrected chi connectivity index (χ1v) is 12.8. The summed E-state index contributed by atoms with van der Waals surface area (Å²) in [7, 11) is 0. The second-order valence-electron chi connectivity index (χ2n) is 9.03. The van der Waals surface area contributed by atoms with Crippen LogP contribution in [0.2, 0.25) is 5.02 Å². The number of likely N-dealkylation sites (tertiary alicyclic amines) is 1. The summed E-state index contributed by atoms with van der Waals surface area (Å²) < 4.78 is 4.74. The third-order valence-corrected chi connectivity index (χ3v) is 7.31. The van der Waals surface area contributed by atoms with E-state index in [1.807, 2.05) is 47.1 Å². The lowest BCUT2D eigenvalue weighted by atomic mass is 10.0. The number of H-pyrrole nitrogens is 1. The first-order chi connectivity index (χ1) is 17.2. The molecular weight excluding hydrogens is 474 g/mol. The molecule has 1 aliphatic heterocycles. The zero-order chi connectivity index (χ0) is 23.8. The molecule has 0 aliphatic carbocycles. The number of piperidine rings is 1. The van der Waals surface area contributed by atoms with Gasteiger partial charge in [0.2, 0.25) is 4.77 Å². The summed E-state index contributed by atoms with van der Waals surface area (Å²) in [5.41, 5.74) is 5.12. The van der Waals surface area contributed by atoms with Gasteiger partial charge in [-0.3, -0.25) is 9.47 Å². The Morgan fingerprint density at radius 2 is 1.60 bits per heavy atom. The minimum absolute atomic E-state index is 0.687. The summed E-state index contributed by atoms with van der Waals surface area (Å²) in [6.45, 7) is 2.85. The van der Waals surface area contributed by atoms with Crippen LogP contribution in [0.25, 0.3) is 39.2 Å². The van der Waals surface area contributed by atoms with Gasteiger partial charge in [-0.05, 0) is 74.0 Å². The van der Waals surface area contributed by atoms with Crippen LogP contribution in [0.15, 0.2) is 78.9 Å². The van der Waals surface area contributed by atoms with Crippen molar-refractivity contribution in [2.45, 2.75) is 25.9 Å². The minimum atomic E-state index is 0.687. The number of hydrogen-bond donors (Lipinski definition) is 1. The van der Waals surface area contributed by atoms with Gasteiger partial charge in [0.05, 0.1) is 18.1 Å². The fraction of sp³-hybridized carbons (Fsp3) is 0.214. The van der Waals surface area contributed by atoms with Crippen LogP contribution >= 0.6 is 23.8 Å². The van der Waals surface area contributed by atoms with Crippen molar-refractivity contribution in [3.05, 3.63) is 88.7 Å². The van der Waals surface area contributed by atoms with Crippen molar-refractivity contribution in [1.82, 2.24) is 24.2 Å². The van der Waals surface area contributed by atoms with E-state index < -0.39 is 0 Å². The molecule has 1 N–H and O–H groups in total. The zero-order valence-electron chi connectivity index (χ0n) is 19.3. The van der Waals surface area contributed by atoms with Crippen molar-refractivity contribution in [2.75, 3.05) is 13.1 Å². The Morgan fingerprint density at radius 1 is 0.886 bits per heavy atom. The number of halogens is 1. The molecular formula is C28H26ClN5S. The molecule has 1 fully saturated rings. The van der Waals surface area contributed by atoms with Crippen molar-refractivity contribution in [1.29, 1.82) is 0 Å². The summed E-state index contributed by atoms with van der Waals surface area (Å²) in [6, 6.07) is 26.6. The fourth-order valence-corrected chi connectivity index (χ4v) is 5.46. The van der Waals surface area contributed by atoms with Crippen LogP contribution < -0.4 is 0 Å². The molecule has 0 spiro atoms. The maximum atomic E-state index is 6.44. The molecule has 1 aliphatic rings. The molecule has 3 aromatic carbocycles. The number of nitrogens with zero attached hydrogens (tertiary/aromatic N) is 4. The quantitative estimate of drug-likeness (QED) is 0.258. The van der Waals surface area contributed by atoms with Crippen molar-refractivity contribution in [3.63, 3.8) is 0 Å². The number of aromatic nitrogens is 4. The van der Waals surface area contributed by atoms with E-state index in [0.717, 1.165) is 52.3 Å². The highest BCUT2D eigenvalue weighted by Gasteiger charge is 2.23. The normalized spacial score (nSPS) is 14.5. The van der Waals surface area contributed by atoms with Gasteiger partial charge in [-0.2, -0.15) is 0 Å². The van der Waals surface area contributed by atoms with Crippen molar-refractivity contribution in [3.8, 4) is 28.3 Å². The fourth-order valence-electron chi connectivity index (χ4n) is 5.00. The molecule has 5 nitrogen and oxygen atoms in total. The summed E-state index contributed by atoms with van der Waals surface area (Å²) >= 11 is 12.5. The topological polar surface area (TPSA) is 41.8 Å². The van der Waals surface area contributed by atoms with Gasteiger partial charge in [0.1, 0.15) is 0 Å². The van der Waals surface area contributed by atoms with E-state index >= 15 is 0 Å². The Labute approximate surface area is 214 Å². The lowest BCUT2D eigenvalue weighted by molar-refractivity contribution is 0.172. The molecule has 0 bridgehead atoms. The molecule has 35 heavy (non-hydrogen) atoms. The third kappa shape index (κ3) is 4.22. The predicted molar refractivity (Wildman–Crippen MR) is 146 cm³/mol. The Balaban J connectivity index is 1.60. The lowest BCUT2D eigenvalue weighted by Gasteiger charge is -2.25. The van der Waals surface area contributed by atoms with Crippen molar-refractivity contribution < 1.29 is 0 Å². The molecule has 6 rings (SSSR count). The Hall–Kier alpha value is -3.19. The molecule has 0 atom stereocenters. The monoisotopic (exact) mass is 499 g/mol. The van der Waals surface area contributed by atoms with Gasteiger partial charge in [0, 0.05) is 21.5 Å². The molecule has 0 amide bonds. The smallest absolute Gasteiger partial charge is 0.204 e. The van der Waals surface area contributed by atoms with E-state index in [-0.39, 0.29) is 0 Å². The van der Waals surface area contributed by atoms with Crippen LogP contribution in [0.1, 0.15) is 19.3 Å². The van der Waals surface area contributed by atoms with E-state index in [9.17, 15) is 0 Å². The van der Waals surface area contributed by atoms with E-state index in [4.69, 9.17) is 28.9 Å². The molecule has 7 heteroatoms. The van der Waals surface area contributed by atoms with Gasteiger partial charge in [-0.15, -0.1) is 5.10 Å². The van der Waals surface area contributed by atoms with Gasteiger partial charge in [0.25, 0.3) is 0 Å². The number of para-hydroxylation sites is 1. The van der Waals surface area contributed by atoms with E-state index in [1.54, 1.807) is 0 Å². The highest BCUT2D eigenvalue weighted by molar-refractivity contribution is 7.71. The number of hydrogen-bond acceptors (Lipinski definition) is 3. The lowest BCUT2D eigenvalue weighted by Crippen LogP contribution is -2.32. The third-order valence-electron chi connectivity index (χ3n) is 6.68. The highest BCUT2D eigenvalue weighted by atomic mass is 35.5. The van der Waals surface area contributed by atoms with Gasteiger partial charge in [0.15, 0.2) is 5.82 Å². The first-order valence-electron chi connectivity index (χ1n) is 12.0. The molecule has 0 saturated carbocycles. The van der Waals surface area contributed by atoms with Crippen LogP contribution in [0.3, 0.4) is 0 Å². The Bertz CT molecular complexity index is 1530. The van der Waals surface area contributed by atoms with E-state index in [2.05, 4.69) is 50.8 Å². The summed E-state index contributed by atoms with van der Waals surface area (Å²) in [4.78, 5) is 6.08. The van der Waals surface area contributed by atoms with E-state index in [1.165, 1.54) is 19.3 Å². The largest absolute Gasteiger partial charge is 0.351 e. The summed E-state index contributed by atoms with van der Waals surface area (Å²) in [5.74, 6) is 0.796. The zero-order valence-corrected chi connectivity index (χ0v) is 20.9. The highest BCUT2D eigenvalue weighted by Crippen LogP contribution is 2.39. The molecule has 3 heterocycles. The minimum Gasteiger partial charge on any atom is -0.351 e. The second-order valence-corrected chi connectivity index (χ2v) is 9.83. The van der Waals surface area contributed by atoms with E-state index in [0.29, 0.717) is 16.5 Å². The van der Waals surface area contributed by atoms with Crippen LogP contribution in [0.4, 0.5) is 0 Å². The summed E-state index contributed by atoms with van der Waals surface area (Å²) in [6.07, 6.45) is 3.74. The number of benzene rings is 3. The molecule has 176 valence electrons. The van der Waals surface area contributed by atoms with Gasteiger partial charge < -0.3 is 4.98 Å². The van der Waals surface area contributed by atoms with Gasteiger partial charge >= 0.3 is 0 Å². The van der Waals surface area contributed by atoms with Crippen LogP contribution in [-0.4, -0.2) is 37.3 Å². The predicted octanol–water partition coefficient (Wildman–Crippen LogP) is 7.32. The molecule has 2 aromatic heterocycles. The summed E-state index contributed by atoms with van der Waals surface area (Å²) in [5, 5.41) is 6.89. The maximum Gasteiger partial charge on any atom is 0.204 e. The second kappa shape index (κ2) is 9.46. The van der Waals surface area contributed by atoms with Gasteiger partial charge in [-0.25, -0.2) is 4.68 Å². The number of fused-ring (bicyclic) bond motifs is 1. The van der Waals surface area contributed by atoms with Crippen molar-refractivity contribution in [2.24, 2.45) is 0 Å². The van der Waals surface area contributed by atoms with Gasteiger partial charge in [-0.1, -0.05) is 66.6 Å². The van der Waals surface area contributed by atoms with Crippen molar-refractivity contribution >= 4 is 34.7 Å². The standard InChI is InChI=1S/C28H26ClN5S/c29-21-14-15-24-23(18-21)25(20-10-4-1-5-11-20)26(30-24)27-31-33(19-32-16-8-3-9-17-32)28(35)34(27)22-12-6-2-7-13-22/h1-2,4-7,10-15,18,30H,3,8-9,16-17,19H2. The molecule has 0 unspecified atom stereocenters. The van der Waals surface area contributed by atoms with Crippen LogP contribution in [0, 0.1) is 4.77 Å². The average Bonchev–Trinajstić information content (AvgIpc) is 3.43. The number of aromatic amines is 1. The first kappa shape index (κ1) is 22.3. The Morgan fingerprint density at radius 3 is 2.34 bits per heavy atom. The molecule has 1 saturated heterocycles. The van der Waals surface area contributed by atoms with Crippen LogP contribution in [-0.2, 0) is 6.67 Å². The Kier molecular flexibility index (Phi) is 6.02. The average molecular weight is 500 g/mol. The van der Waals surface area contributed by atoms with Crippen LogP contribution in [0.5, 0.6) is 0 Å². The number of nitrogens with one attached hydrogen (secondary N) is 1. The molecule has 5 aromatic rings. The SMILES string of the molecule is S=c1n(CN2CCCCC2)nc(-c2[nH]c3ccc(Cl)cc3c2-c2ccccc2)n1-c1ccccc1. The molecule has 0 radical (unpaired) electrons. The number of rotatable bonds is 5. The maximum absolute atomic E-state index is 6.44.